The zero-order valence-corrected chi connectivity index (χ0v) is 25.5. The first-order valence-electron chi connectivity index (χ1n) is 16.0. The second kappa shape index (κ2) is 10.5. The second-order valence-corrected chi connectivity index (χ2v) is 12.3. The zero-order chi connectivity index (χ0) is 31.7. The van der Waals surface area contributed by atoms with E-state index in [1.54, 1.807) is 6.07 Å². The van der Waals surface area contributed by atoms with E-state index in [2.05, 4.69) is 13.0 Å². The minimum absolute atomic E-state index is 0.264. The number of benzene rings is 6. The summed E-state index contributed by atoms with van der Waals surface area (Å²) in [7, 11) is 0. The summed E-state index contributed by atoms with van der Waals surface area (Å²) in [6.45, 7) is 2.58. The van der Waals surface area contributed by atoms with Crippen molar-refractivity contribution in [3.05, 3.63) is 95.1 Å². The van der Waals surface area contributed by atoms with Gasteiger partial charge in [0.15, 0.2) is 0 Å². The molecule has 6 nitrogen and oxygen atoms in total. The van der Waals surface area contributed by atoms with E-state index < -0.39 is 11.8 Å². The van der Waals surface area contributed by atoms with Crippen molar-refractivity contribution in [3.63, 3.8) is 0 Å². The summed E-state index contributed by atoms with van der Waals surface area (Å²) in [5.41, 5.74) is 3.49. The maximum atomic E-state index is 13.9. The molecule has 0 radical (unpaired) electrons. The van der Waals surface area contributed by atoms with Gasteiger partial charge in [-0.2, -0.15) is 4.90 Å². The van der Waals surface area contributed by atoms with Crippen LogP contribution in [0.3, 0.4) is 0 Å². The lowest BCUT2D eigenvalue weighted by molar-refractivity contribution is 0.0605. The van der Waals surface area contributed by atoms with E-state index in [4.69, 9.17) is 6.42 Å². The van der Waals surface area contributed by atoms with E-state index in [0.29, 0.717) is 39.6 Å². The Hall–Kier alpha value is -5.54. The number of rotatable bonds is 8. The van der Waals surface area contributed by atoms with E-state index in [0.717, 1.165) is 67.6 Å². The van der Waals surface area contributed by atoms with Gasteiger partial charge < -0.3 is 0 Å². The molecule has 8 rings (SSSR count). The number of imide groups is 2. The van der Waals surface area contributed by atoms with Crippen molar-refractivity contribution in [2.75, 3.05) is 6.54 Å². The molecule has 0 spiro atoms. The van der Waals surface area contributed by atoms with Crippen LogP contribution in [0.5, 0.6) is 0 Å². The fourth-order valence-electron chi connectivity index (χ4n) is 7.63. The third-order valence-corrected chi connectivity index (χ3v) is 9.77. The minimum atomic E-state index is -0.529. The van der Waals surface area contributed by atoms with Crippen LogP contribution < -0.4 is 0 Å². The summed E-state index contributed by atoms with van der Waals surface area (Å²) >= 11 is 0. The SMILES string of the molecule is C#CN1C(=O)c2ccc3c4ccc5c6c(ccc(c7c(-c8ccccc8)cc(c2c37)C1=O)c64)C(=O)N(CCCCCCCC)C5=O. The van der Waals surface area contributed by atoms with Crippen LogP contribution in [0.4, 0.5) is 0 Å². The first-order chi connectivity index (χ1) is 22.5. The number of hydrogen-bond acceptors (Lipinski definition) is 4. The standard InChI is InChI=1S/C40H30N2O4/c1-3-5-6-7-8-12-21-42-38(44)27-18-15-24-25-16-19-29-35-31(40(46)41(4-2)37(29)43)22-30(23-13-10-9-11-14-23)33(36(25)35)26-17-20-28(39(42)45)34(27)32(24)26/h2,9-11,13-20,22H,3,5-8,12,21H2,1H3. The predicted octanol–water partition coefficient (Wildman–Crippen LogP) is 8.55. The summed E-state index contributed by atoms with van der Waals surface area (Å²) in [5, 5.41) is 6.28. The number of nitrogens with zero attached hydrogens (tertiary/aromatic N) is 2. The number of amides is 4. The van der Waals surface area contributed by atoms with Crippen LogP contribution in [0.15, 0.2) is 72.8 Å². The van der Waals surface area contributed by atoms with Crippen LogP contribution in [0, 0.1) is 12.5 Å². The highest BCUT2D eigenvalue weighted by atomic mass is 16.2. The highest BCUT2D eigenvalue weighted by Crippen LogP contribution is 2.49. The van der Waals surface area contributed by atoms with Gasteiger partial charge in [-0.05, 0) is 74.1 Å². The highest BCUT2D eigenvalue weighted by molar-refractivity contribution is 6.43. The van der Waals surface area contributed by atoms with Crippen LogP contribution in [0.1, 0.15) is 86.9 Å². The van der Waals surface area contributed by atoms with Gasteiger partial charge in [0.25, 0.3) is 23.6 Å². The van der Waals surface area contributed by atoms with Gasteiger partial charge in [-0.25, -0.2) is 0 Å². The van der Waals surface area contributed by atoms with Gasteiger partial charge in [0.05, 0.1) is 5.56 Å². The predicted molar refractivity (Wildman–Crippen MR) is 181 cm³/mol. The molecule has 6 aromatic carbocycles. The first-order valence-corrected chi connectivity index (χ1v) is 16.0. The van der Waals surface area contributed by atoms with E-state index in [-0.39, 0.29) is 11.8 Å². The maximum Gasteiger partial charge on any atom is 0.273 e. The number of hydrogen-bond donors (Lipinski definition) is 0. The van der Waals surface area contributed by atoms with Crippen molar-refractivity contribution >= 4 is 66.7 Å². The lowest BCUT2D eigenvalue weighted by Crippen LogP contribution is -2.40. The molecule has 0 saturated carbocycles. The van der Waals surface area contributed by atoms with E-state index in [9.17, 15) is 19.2 Å². The Kier molecular flexibility index (Phi) is 6.40. The molecule has 6 aromatic rings. The fourth-order valence-corrected chi connectivity index (χ4v) is 7.63. The molecule has 4 amide bonds. The van der Waals surface area contributed by atoms with Crippen molar-refractivity contribution < 1.29 is 19.2 Å². The van der Waals surface area contributed by atoms with Crippen molar-refractivity contribution in [1.82, 2.24) is 9.80 Å². The molecule has 2 aliphatic rings. The molecule has 0 unspecified atom stereocenters. The topological polar surface area (TPSA) is 74.8 Å². The van der Waals surface area contributed by atoms with Crippen LogP contribution in [-0.4, -0.2) is 40.0 Å². The monoisotopic (exact) mass is 602 g/mol. The normalized spacial score (nSPS) is 14.4. The molecule has 0 N–H and O–H groups in total. The summed E-state index contributed by atoms with van der Waals surface area (Å²) in [6, 6.07) is 25.1. The van der Waals surface area contributed by atoms with Gasteiger partial charge in [-0.3, -0.25) is 24.1 Å². The average Bonchev–Trinajstić information content (AvgIpc) is 3.08. The molecule has 0 fully saturated rings. The highest BCUT2D eigenvalue weighted by Gasteiger charge is 2.37. The summed E-state index contributed by atoms with van der Waals surface area (Å²) in [6.07, 6.45) is 12.0. The van der Waals surface area contributed by atoms with Crippen molar-refractivity contribution in [1.29, 1.82) is 0 Å². The molecule has 2 heterocycles. The van der Waals surface area contributed by atoms with Gasteiger partial charge >= 0.3 is 0 Å². The number of carbonyl (C=O) groups is 4. The lowest BCUT2D eigenvalue weighted by atomic mass is 9.80. The molecule has 224 valence electrons. The zero-order valence-electron chi connectivity index (χ0n) is 25.5. The largest absolute Gasteiger partial charge is 0.274 e. The van der Waals surface area contributed by atoms with Gasteiger partial charge in [0.2, 0.25) is 0 Å². The van der Waals surface area contributed by atoms with Gasteiger partial charge in [0.1, 0.15) is 0 Å². The number of fused-ring (bicyclic) bond motifs is 2. The smallest absolute Gasteiger partial charge is 0.273 e. The second-order valence-electron chi connectivity index (χ2n) is 12.3. The number of carbonyl (C=O) groups excluding carboxylic acids is 4. The van der Waals surface area contributed by atoms with E-state index >= 15 is 0 Å². The summed E-state index contributed by atoms with van der Waals surface area (Å²) < 4.78 is 0. The fraction of sp³-hybridized carbons (Fsp3) is 0.200. The van der Waals surface area contributed by atoms with Crippen molar-refractivity contribution in [2.24, 2.45) is 0 Å². The Bertz CT molecular complexity index is 2330. The third-order valence-electron chi connectivity index (χ3n) is 9.77. The number of terminal acetylenes is 1. The Morgan fingerprint density at radius 1 is 0.543 bits per heavy atom. The minimum Gasteiger partial charge on any atom is -0.274 e. The molecule has 0 bridgehead atoms. The van der Waals surface area contributed by atoms with Gasteiger partial charge in [-0.1, -0.05) is 94.0 Å². The number of unbranched alkanes of at least 4 members (excludes halogenated alkanes) is 5. The first kappa shape index (κ1) is 28.0. The Morgan fingerprint density at radius 2 is 1.11 bits per heavy atom. The third kappa shape index (κ3) is 3.78. The van der Waals surface area contributed by atoms with Crippen molar-refractivity contribution in [3.8, 4) is 23.6 Å². The van der Waals surface area contributed by atoms with Crippen molar-refractivity contribution in [2.45, 2.75) is 45.4 Å². The molecule has 2 aliphatic heterocycles. The van der Waals surface area contributed by atoms with Gasteiger partial charge in [0, 0.05) is 40.1 Å². The molecule has 6 heteroatoms. The maximum absolute atomic E-state index is 13.9. The van der Waals surface area contributed by atoms with E-state index in [1.165, 1.54) is 24.2 Å². The quantitative estimate of drug-likeness (QED) is 0.0575. The van der Waals surface area contributed by atoms with Crippen LogP contribution in [-0.2, 0) is 0 Å². The lowest BCUT2D eigenvalue weighted by Gasteiger charge is -2.30. The molecule has 0 aliphatic carbocycles. The Balaban J connectivity index is 1.41. The van der Waals surface area contributed by atoms with E-state index in [1.807, 2.05) is 66.7 Å². The van der Waals surface area contributed by atoms with Crippen LogP contribution in [0.2, 0.25) is 0 Å². The molecule has 0 atom stereocenters. The molecule has 0 aromatic heterocycles. The van der Waals surface area contributed by atoms with Gasteiger partial charge in [-0.15, -0.1) is 0 Å². The molecule has 46 heavy (non-hydrogen) atoms. The Labute approximate surface area is 265 Å². The average molecular weight is 603 g/mol. The van der Waals surface area contributed by atoms with Crippen LogP contribution >= 0.6 is 0 Å². The molecular weight excluding hydrogens is 572 g/mol. The Morgan fingerprint density at radius 3 is 1.78 bits per heavy atom. The molecular formula is C40H30N2O4. The van der Waals surface area contributed by atoms with Crippen LogP contribution in [0.25, 0.3) is 54.2 Å². The summed E-state index contributed by atoms with van der Waals surface area (Å²) in [4.78, 5) is 57.1. The summed E-state index contributed by atoms with van der Waals surface area (Å²) in [5.74, 6) is -1.58. The molecule has 0 saturated heterocycles.